The van der Waals surface area contributed by atoms with Gasteiger partial charge < -0.3 is 11.1 Å². The molecule has 0 aliphatic heterocycles. The van der Waals surface area contributed by atoms with E-state index >= 15 is 0 Å². The topological polar surface area (TPSA) is 80.9 Å². The number of carbonyl (C=O) groups excluding carboxylic acids is 1. The smallest absolute Gasteiger partial charge is 0.251 e. The quantitative estimate of drug-likeness (QED) is 0.880. The number of carbonyl (C=O) groups is 1. The largest absolute Gasteiger partial charge is 0.366 e. The lowest BCUT2D eigenvalue weighted by molar-refractivity contribution is 0.0996. The predicted octanol–water partition coefficient (Wildman–Crippen LogP) is 1.73. The molecule has 0 bridgehead atoms. The molecule has 5 nitrogen and oxygen atoms in total. The van der Waals surface area contributed by atoms with Crippen molar-refractivity contribution < 1.29 is 9.18 Å². The molecular weight excluding hydrogens is 247 g/mol. The molecule has 1 aromatic carbocycles. The van der Waals surface area contributed by atoms with Crippen LogP contribution in [0.2, 0.25) is 0 Å². The van der Waals surface area contributed by atoms with E-state index in [1.807, 2.05) is 6.92 Å². The van der Waals surface area contributed by atoms with Crippen molar-refractivity contribution in [3.05, 3.63) is 41.5 Å². The first-order chi connectivity index (χ1) is 9.02. The van der Waals surface area contributed by atoms with E-state index in [0.717, 1.165) is 11.3 Å². The Morgan fingerprint density at radius 1 is 1.42 bits per heavy atom. The molecule has 0 unspecified atom stereocenters. The Hall–Kier alpha value is -2.50. The fourth-order valence-corrected chi connectivity index (χ4v) is 1.75. The van der Waals surface area contributed by atoms with Crippen LogP contribution in [0.5, 0.6) is 0 Å². The Bertz CT molecular complexity index is 643. The monoisotopic (exact) mass is 260 g/mol. The van der Waals surface area contributed by atoms with Gasteiger partial charge in [-0.15, -0.1) is 0 Å². The van der Waals surface area contributed by atoms with Crippen molar-refractivity contribution in [1.82, 2.24) is 9.97 Å². The van der Waals surface area contributed by atoms with Crippen molar-refractivity contribution in [2.24, 2.45) is 5.73 Å². The van der Waals surface area contributed by atoms with E-state index < -0.39 is 11.7 Å². The van der Waals surface area contributed by atoms with Gasteiger partial charge in [0.15, 0.2) is 0 Å². The standard InChI is InChI=1S/C13H13FN4O/c1-7-10(6-17-13(16-2)18-7)8-3-4-11(14)9(5-8)12(15)19/h3-6H,1-2H3,(H2,15,19)(H,16,17,18). The fourth-order valence-electron chi connectivity index (χ4n) is 1.75. The van der Waals surface area contributed by atoms with Crippen LogP contribution in [0.1, 0.15) is 16.1 Å². The minimum absolute atomic E-state index is 0.144. The van der Waals surface area contributed by atoms with Crippen LogP contribution in [0.15, 0.2) is 24.4 Å². The lowest BCUT2D eigenvalue weighted by Gasteiger charge is -2.08. The van der Waals surface area contributed by atoms with Gasteiger partial charge in [-0.1, -0.05) is 6.07 Å². The van der Waals surface area contributed by atoms with Crippen molar-refractivity contribution in [3.8, 4) is 11.1 Å². The maximum absolute atomic E-state index is 13.4. The van der Waals surface area contributed by atoms with Crippen LogP contribution < -0.4 is 11.1 Å². The molecule has 98 valence electrons. The minimum Gasteiger partial charge on any atom is -0.366 e. The number of anilines is 1. The van der Waals surface area contributed by atoms with Crippen LogP contribution in [0.25, 0.3) is 11.1 Å². The van der Waals surface area contributed by atoms with Gasteiger partial charge in [-0.25, -0.2) is 14.4 Å². The summed E-state index contributed by atoms with van der Waals surface area (Å²) in [6.45, 7) is 1.81. The van der Waals surface area contributed by atoms with Crippen LogP contribution in [0.4, 0.5) is 10.3 Å². The van der Waals surface area contributed by atoms with Gasteiger partial charge in [0.1, 0.15) is 5.82 Å². The highest BCUT2D eigenvalue weighted by molar-refractivity contribution is 5.94. The number of rotatable bonds is 3. The van der Waals surface area contributed by atoms with Crippen molar-refractivity contribution >= 4 is 11.9 Å². The summed E-state index contributed by atoms with van der Waals surface area (Å²) in [4.78, 5) is 19.5. The fraction of sp³-hybridized carbons (Fsp3) is 0.154. The molecule has 0 aliphatic rings. The average molecular weight is 260 g/mol. The Balaban J connectivity index is 2.53. The lowest BCUT2D eigenvalue weighted by atomic mass is 10.0. The van der Waals surface area contributed by atoms with Gasteiger partial charge in [-0.05, 0) is 24.6 Å². The number of amides is 1. The molecule has 1 amide bonds. The molecule has 19 heavy (non-hydrogen) atoms. The van der Waals surface area contributed by atoms with Crippen LogP contribution in [-0.2, 0) is 0 Å². The number of nitrogens with zero attached hydrogens (tertiary/aromatic N) is 2. The number of benzene rings is 1. The van der Waals surface area contributed by atoms with Gasteiger partial charge >= 0.3 is 0 Å². The van der Waals surface area contributed by atoms with Crippen molar-refractivity contribution in [3.63, 3.8) is 0 Å². The molecule has 0 radical (unpaired) electrons. The number of nitrogens with two attached hydrogens (primary N) is 1. The van der Waals surface area contributed by atoms with Gasteiger partial charge in [-0.2, -0.15) is 0 Å². The third-order valence-corrected chi connectivity index (χ3v) is 2.75. The first kappa shape index (κ1) is 12.9. The summed E-state index contributed by atoms with van der Waals surface area (Å²) >= 11 is 0. The van der Waals surface area contributed by atoms with E-state index in [9.17, 15) is 9.18 Å². The molecular formula is C13H13FN4O. The summed E-state index contributed by atoms with van der Waals surface area (Å²) in [5.74, 6) is -0.940. The van der Waals surface area contributed by atoms with Crippen LogP contribution in [-0.4, -0.2) is 22.9 Å². The van der Waals surface area contributed by atoms with Gasteiger partial charge in [0.05, 0.1) is 11.3 Å². The number of halogens is 1. The normalized spacial score (nSPS) is 10.3. The summed E-state index contributed by atoms with van der Waals surface area (Å²) < 4.78 is 13.4. The number of aromatic nitrogens is 2. The molecule has 1 aromatic heterocycles. The number of primary amides is 1. The maximum atomic E-state index is 13.4. The molecule has 2 aromatic rings. The molecule has 0 spiro atoms. The minimum atomic E-state index is -0.801. The molecule has 0 saturated carbocycles. The SMILES string of the molecule is CNc1ncc(-c2ccc(F)c(C(N)=O)c2)c(C)n1. The van der Waals surface area contributed by atoms with E-state index in [0.29, 0.717) is 11.5 Å². The Kier molecular flexibility index (Phi) is 3.41. The van der Waals surface area contributed by atoms with Crippen molar-refractivity contribution in [1.29, 1.82) is 0 Å². The summed E-state index contributed by atoms with van der Waals surface area (Å²) in [6.07, 6.45) is 1.62. The third-order valence-electron chi connectivity index (χ3n) is 2.75. The average Bonchev–Trinajstić information content (AvgIpc) is 2.39. The van der Waals surface area contributed by atoms with E-state index in [2.05, 4.69) is 15.3 Å². The van der Waals surface area contributed by atoms with Gasteiger partial charge in [0.2, 0.25) is 5.95 Å². The summed E-state index contributed by atoms with van der Waals surface area (Å²) in [5, 5.41) is 2.83. The zero-order valence-electron chi connectivity index (χ0n) is 10.6. The second kappa shape index (κ2) is 5.01. The maximum Gasteiger partial charge on any atom is 0.251 e. The zero-order valence-corrected chi connectivity index (χ0v) is 10.6. The van der Waals surface area contributed by atoms with Gasteiger partial charge in [0.25, 0.3) is 5.91 Å². The van der Waals surface area contributed by atoms with Crippen LogP contribution in [0, 0.1) is 12.7 Å². The van der Waals surface area contributed by atoms with Crippen LogP contribution in [0.3, 0.4) is 0 Å². The highest BCUT2D eigenvalue weighted by Crippen LogP contribution is 2.24. The molecule has 3 N–H and O–H groups in total. The number of nitrogens with one attached hydrogen (secondary N) is 1. The predicted molar refractivity (Wildman–Crippen MR) is 70.2 cm³/mol. The van der Waals surface area contributed by atoms with Gasteiger partial charge in [-0.3, -0.25) is 4.79 Å². The second-order valence-corrected chi connectivity index (χ2v) is 4.00. The Morgan fingerprint density at radius 3 is 2.74 bits per heavy atom. The van der Waals surface area contributed by atoms with Crippen molar-refractivity contribution in [2.75, 3.05) is 12.4 Å². The lowest BCUT2D eigenvalue weighted by Crippen LogP contribution is -2.13. The summed E-state index contributed by atoms with van der Waals surface area (Å²) in [7, 11) is 1.72. The van der Waals surface area contributed by atoms with E-state index in [1.165, 1.54) is 12.1 Å². The molecule has 0 aliphatic carbocycles. The van der Waals surface area contributed by atoms with E-state index in [-0.39, 0.29) is 5.56 Å². The first-order valence-corrected chi connectivity index (χ1v) is 5.64. The van der Waals surface area contributed by atoms with E-state index in [1.54, 1.807) is 19.3 Å². The zero-order chi connectivity index (χ0) is 14.0. The number of hydrogen-bond donors (Lipinski definition) is 2. The third kappa shape index (κ3) is 2.52. The summed E-state index contributed by atoms with van der Waals surface area (Å²) in [6, 6.07) is 4.18. The Morgan fingerprint density at radius 2 is 2.16 bits per heavy atom. The molecule has 2 rings (SSSR count). The molecule has 6 heteroatoms. The molecule has 0 atom stereocenters. The second-order valence-electron chi connectivity index (χ2n) is 4.00. The Labute approximate surface area is 109 Å². The highest BCUT2D eigenvalue weighted by Gasteiger charge is 2.12. The number of hydrogen-bond acceptors (Lipinski definition) is 4. The van der Waals surface area contributed by atoms with E-state index in [4.69, 9.17) is 5.73 Å². The molecule has 0 fully saturated rings. The summed E-state index contributed by atoms with van der Waals surface area (Å²) in [5.41, 5.74) is 7.08. The van der Waals surface area contributed by atoms with Gasteiger partial charge in [0, 0.05) is 18.8 Å². The molecule has 1 heterocycles. The van der Waals surface area contributed by atoms with Crippen LogP contribution >= 0.6 is 0 Å². The highest BCUT2D eigenvalue weighted by atomic mass is 19.1. The number of aryl methyl sites for hydroxylation is 1. The molecule has 0 saturated heterocycles. The van der Waals surface area contributed by atoms with Crippen molar-refractivity contribution in [2.45, 2.75) is 6.92 Å². The first-order valence-electron chi connectivity index (χ1n) is 5.64.